The van der Waals surface area contributed by atoms with Crippen LogP contribution in [-0.4, -0.2) is 47.6 Å². The molecule has 0 radical (unpaired) electrons. The molecule has 1 fully saturated rings. The third kappa shape index (κ3) is 5.99. The third-order valence-electron chi connectivity index (χ3n) is 5.92. The number of aromatic nitrogens is 1. The summed E-state index contributed by atoms with van der Waals surface area (Å²) in [6.45, 7) is 11.6. The van der Waals surface area contributed by atoms with Crippen molar-refractivity contribution in [2.75, 3.05) is 31.6 Å². The highest BCUT2D eigenvalue weighted by atomic mass is 19.3. The highest BCUT2D eigenvalue weighted by molar-refractivity contribution is 6.05. The molecule has 1 aliphatic rings. The zero-order valence-electron chi connectivity index (χ0n) is 20.0. The molecular weight excluding hydrogens is 428 g/mol. The van der Waals surface area contributed by atoms with Crippen LogP contribution in [0.5, 0.6) is 0 Å². The maximum absolute atomic E-state index is 13.7. The van der Waals surface area contributed by atoms with Crippen molar-refractivity contribution < 1.29 is 23.1 Å². The maximum Gasteiger partial charge on any atom is 0.270 e. The number of anilines is 1. The molecule has 1 aromatic carbocycles. The van der Waals surface area contributed by atoms with Crippen LogP contribution in [0.1, 0.15) is 61.4 Å². The second kappa shape index (κ2) is 9.63. The van der Waals surface area contributed by atoms with Gasteiger partial charge in [0.1, 0.15) is 0 Å². The number of alkyl halides is 2. The number of hydrogen-bond donors (Lipinski definition) is 1. The maximum atomic E-state index is 13.7. The van der Waals surface area contributed by atoms with Gasteiger partial charge in [-0.25, -0.2) is 8.78 Å². The normalized spacial score (nSPS) is 14.9. The Bertz CT molecular complexity index is 1010. The molecule has 180 valence electrons. The van der Waals surface area contributed by atoms with Gasteiger partial charge >= 0.3 is 0 Å². The van der Waals surface area contributed by atoms with Crippen molar-refractivity contribution in [1.82, 2.24) is 9.47 Å². The average molecular weight is 462 g/mol. The van der Waals surface area contributed by atoms with Crippen molar-refractivity contribution in [2.24, 2.45) is 0 Å². The van der Waals surface area contributed by atoms with Gasteiger partial charge in [-0.05, 0) is 25.1 Å². The van der Waals surface area contributed by atoms with E-state index < -0.39 is 5.92 Å². The molecule has 2 aromatic rings. The fourth-order valence-electron chi connectivity index (χ4n) is 4.03. The molecule has 0 bridgehead atoms. The third-order valence-corrected chi connectivity index (χ3v) is 5.92. The van der Waals surface area contributed by atoms with E-state index in [0.29, 0.717) is 50.5 Å². The minimum Gasteiger partial charge on any atom is -0.378 e. The highest BCUT2D eigenvalue weighted by Crippen LogP contribution is 2.30. The largest absolute Gasteiger partial charge is 0.378 e. The lowest BCUT2D eigenvalue weighted by Gasteiger charge is -2.28. The molecule has 2 heterocycles. The quantitative estimate of drug-likeness (QED) is 0.678. The lowest BCUT2D eigenvalue weighted by Crippen LogP contribution is -2.41. The Morgan fingerprint density at radius 3 is 2.36 bits per heavy atom. The number of hydrogen-bond acceptors (Lipinski definition) is 3. The Morgan fingerprint density at radius 2 is 1.76 bits per heavy atom. The Morgan fingerprint density at radius 1 is 1.09 bits per heavy atom. The summed E-state index contributed by atoms with van der Waals surface area (Å²) >= 11 is 0. The van der Waals surface area contributed by atoms with Crippen LogP contribution < -0.4 is 5.32 Å². The van der Waals surface area contributed by atoms with Crippen molar-refractivity contribution in [3.63, 3.8) is 0 Å². The Balaban J connectivity index is 1.82. The highest BCUT2D eigenvalue weighted by Gasteiger charge is 2.27. The van der Waals surface area contributed by atoms with Gasteiger partial charge in [-0.15, -0.1) is 0 Å². The lowest BCUT2D eigenvalue weighted by atomic mass is 9.91. The van der Waals surface area contributed by atoms with Gasteiger partial charge < -0.3 is 19.5 Å². The van der Waals surface area contributed by atoms with Gasteiger partial charge in [-0.2, -0.15) is 0 Å². The Kier molecular flexibility index (Phi) is 7.26. The molecule has 8 heteroatoms. The first-order chi connectivity index (χ1) is 15.4. The summed E-state index contributed by atoms with van der Waals surface area (Å²) in [5.41, 5.74) is 2.04. The van der Waals surface area contributed by atoms with Gasteiger partial charge in [-0.1, -0.05) is 32.9 Å². The molecule has 1 aromatic heterocycles. The van der Waals surface area contributed by atoms with E-state index in [-0.39, 0.29) is 22.8 Å². The number of carbonyl (C=O) groups is 2. The van der Waals surface area contributed by atoms with E-state index in [1.165, 1.54) is 18.2 Å². The van der Waals surface area contributed by atoms with Gasteiger partial charge in [0.15, 0.2) is 0 Å². The molecule has 1 saturated heterocycles. The Hall–Kier alpha value is -2.74. The summed E-state index contributed by atoms with van der Waals surface area (Å²) in [7, 11) is 0. The van der Waals surface area contributed by atoms with Gasteiger partial charge in [0.2, 0.25) is 5.91 Å². The van der Waals surface area contributed by atoms with E-state index in [4.69, 9.17) is 4.74 Å². The number of amides is 2. The SMILES string of the molecule is Cc1c(C(=O)Nc2cccc(C(C)(F)F)c2)cc(C(C)(C)C)n1CCC(=O)N1CCOCC1. The van der Waals surface area contributed by atoms with Crippen LogP contribution in [0, 0.1) is 6.92 Å². The monoisotopic (exact) mass is 461 g/mol. The zero-order valence-corrected chi connectivity index (χ0v) is 20.0. The molecule has 33 heavy (non-hydrogen) atoms. The minimum absolute atomic E-state index is 0.0644. The van der Waals surface area contributed by atoms with Gasteiger partial charge in [0.25, 0.3) is 11.8 Å². The van der Waals surface area contributed by atoms with Crippen molar-refractivity contribution in [3.05, 3.63) is 52.8 Å². The van der Waals surface area contributed by atoms with Crippen LogP contribution in [0.4, 0.5) is 14.5 Å². The summed E-state index contributed by atoms with van der Waals surface area (Å²) in [5.74, 6) is -3.30. The summed E-state index contributed by atoms with van der Waals surface area (Å²) < 4.78 is 34.7. The van der Waals surface area contributed by atoms with E-state index in [2.05, 4.69) is 26.1 Å². The number of nitrogens with one attached hydrogen (secondary N) is 1. The summed E-state index contributed by atoms with van der Waals surface area (Å²) in [5, 5.41) is 2.75. The van der Waals surface area contributed by atoms with Crippen molar-refractivity contribution in [3.8, 4) is 0 Å². The first kappa shape index (κ1) is 24.9. The van der Waals surface area contributed by atoms with Gasteiger partial charge in [0.05, 0.1) is 18.8 Å². The molecular formula is C25H33F2N3O3. The molecule has 1 N–H and O–H groups in total. The second-order valence-corrected chi connectivity index (χ2v) is 9.60. The smallest absolute Gasteiger partial charge is 0.270 e. The molecule has 0 aliphatic carbocycles. The summed E-state index contributed by atoms with van der Waals surface area (Å²) in [6, 6.07) is 7.54. The Labute approximate surface area is 193 Å². The second-order valence-electron chi connectivity index (χ2n) is 9.60. The molecule has 2 amide bonds. The molecule has 1 aliphatic heterocycles. The van der Waals surface area contributed by atoms with E-state index in [0.717, 1.165) is 18.3 Å². The number of morpholine rings is 1. The fraction of sp³-hybridized carbons (Fsp3) is 0.520. The van der Waals surface area contributed by atoms with Crippen LogP contribution in [0.25, 0.3) is 0 Å². The van der Waals surface area contributed by atoms with Crippen molar-refractivity contribution in [1.29, 1.82) is 0 Å². The number of carbonyl (C=O) groups excluding carboxylic acids is 2. The van der Waals surface area contributed by atoms with Gasteiger partial charge in [-0.3, -0.25) is 9.59 Å². The molecule has 6 nitrogen and oxygen atoms in total. The molecule has 0 unspecified atom stereocenters. The minimum atomic E-state index is -2.99. The van der Waals surface area contributed by atoms with Crippen LogP contribution in [0.2, 0.25) is 0 Å². The average Bonchev–Trinajstić information content (AvgIpc) is 3.09. The first-order valence-electron chi connectivity index (χ1n) is 11.2. The predicted molar refractivity (Wildman–Crippen MR) is 124 cm³/mol. The van der Waals surface area contributed by atoms with Crippen LogP contribution >= 0.6 is 0 Å². The molecule has 0 saturated carbocycles. The number of halogens is 2. The molecule has 3 rings (SSSR count). The van der Waals surface area contributed by atoms with Crippen molar-refractivity contribution >= 4 is 17.5 Å². The van der Waals surface area contributed by atoms with Crippen LogP contribution in [-0.2, 0) is 27.4 Å². The van der Waals surface area contributed by atoms with Crippen LogP contribution in [0.15, 0.2) is 30.3 Å². The van der Waals surface area contributed by atoms with E-state index in [9.17, 15) is 18.4 Å². The van der Waals surface area contributed by atoms with Crippen molar-refractivity contribution in [2.45, 2.75) is 58.9 Å². The van der Waals surface area contributed by atoms with E-state index in [1.807, 2.05) is 22.5 Å². The van der Waals surface area contributed by atoms with E-state index in [1.54, 1.807) is 6.07 Å². The van der Waals surface area contributed by atoms with E-state index >= 15 is 0 Å². The number of ether oxygens (including phenoxy) is 1. The van der Waals surface area contributed by atoms with Crippen LogP contribution in [0.3, 0.4) is 0 Å². The lowest BCUT2D eigenvalue weighted by molar-refractivity contribution is -0.135. The number of rotatable bonds is 6. The summed E-state index contributed by atoms with van der Waals surface area (Å²) in [6.07, 6.45) is 0.327. The number of benzene rings is 1. The zero-order chi connectivity index (χ0) is 24.4. The standard InChI is InChI=1S/C25H33F2N3O3/c1-17-20(23(32)28-19-8-6-7-18(15-19)25(5,26)27)16-21(24(2,3)4)30(17)10-9-22(31)29-11-13-33-14-12-29/h6-8,15-16H,9-14H2,1-5H3,(H,28,32). The van der Waals surface area contributed by atoms with Gasteiger partial charge in [0, 0.05) is 61.0 Å². The first-order valence-corrected chi connectivity index (χ1v) is 11.2. The fourth-order valence-corrected chi connectivity index (χ4v) is 4.03. The predicted octanol–water partition coefficient (Wildman–Crippen LogP) is 4.71. The molecule has 0 atom stereocenters. The number of nitrogens with zero attached hydrogens (tertiary/aromatic N) is 2. The molecule has 0 spiro atoms. The topological polar surface area (TPSA) is 63.6 Å². The summed E-state index contributed by atoms with van der Waals surface area (Å²) in [4.78, 5) is 27.5.